The van der Waals surface area contributed by atoms with Crippen molar-refractivity contribution in [2.24, 2.45) is 0 Å². The van der Waals surface area contributed by atoms with E-state index in [0.717, 1.165) is 25.7 Å². The zero-order valence-electron chi connectivity index (χ0n) is 27.1. The molecule has 0 heterocycles. The van der Waals surface area contributed by atoms with E-state index in [0.29, 0.717) is 26.2 Å². The van der Waals surface area contributed by atoms with Crippen molar-refractivity contribution in [2.75, 3.05) is 26.2 Å². The lowest BCUT2D eigenvalue weighted by Crippen LogP contribution is -2.28. The van der Waals surface area contributed by atoms with Gasteiger partial charge >= 0.3 is 0 Å². The largest absolute Gasteiger partial charge is 0.396 e. The molecule has 0 aliphatic heterocycles. The van der Waals surface area contributed by atoms with E-state index in [-0.39, 0.29) is 1.43 Å². The van der Waals surface area contributed by atoms with Crippen LogP contribution in [-0.2, 0) is 0 Å². The first-order chi connectivity index (χ1) is 19.1. The van der Waals surface area contributed by atoms with Gasteiger partial charge < -0.3 is 15.5 Å². The van der Waals surface area contributed by atoms with Gasteiger partial charge in [-0.25, -0.2) is 5.48 Å². The van der Waals surface area contributed by atoms with Crippen LogP contribution in [0.4, 0.5) is 0 Å². The summed E-state index contributed by atoms with van der Waals surface area (Å²) in [5.41, 5.74) is 2.00. The van der Waals surface area contributed by atoms with Crippen molar-refractivity contribution in [1.82, 2.24) is 10.5 Å². The lowest BCUT2D eigenvalue weighted by molar-refractivity contribution is -0.0945. The van der Waals surface area contributed by atoms with Crippen molar-refractivity contribution in [1.29, 1.82) is 0 Å². The van der Waals surface area contributed by atoms with E-state index < -0.39 is 0 Å². The van der Waals surface area contributed by atoms with Crippen LogP contribution >= 0.6 is 0 Å². The molecule has 0 aliphatic carbocycles. The molecule has 0 fully saturated rings. The number of allylic oxidation sites excluding steroid dienone is 1. The van der Waals surface area contributed by atoms with Gasteiger partial charge in [0, 0.05) is 27.7 Å². The Bertz CT molecular complexity index is 383. The SMILES string of the molecule is C=CCCCCCCN(O)CCNO.CCCCCCCCCCCCCCCC.CCCCCCCCO.[HH]. The fraction of sp³-hybridized carbons (Fsp3) is 0.941. The van der Waals surface area contributed by atoms with Crippen molar-refractivity contribution in [3.8, 4) is 0 Å². The van der Waals surface area contributed by atoms with Crippen LogP contribution in [0.25, 0.3) is 0 Å². The molecule has 5 heteroatoms. The van der Waals surface area contributed by atoms with Gasteiger partial charge in [-0.2, -0.15) is 5.06 Å². The third-order valence-electron chi connectivity index (χ3n) is 7.02. The van der Waals surface area contributed by atoms with E-state index in [9.17, 15) is 5.21 Å². The molecule has 0 amide bonds. The molecular weight excluding hydrogens is 484 g/mol. The Balaban J connectivity index is -0.000000249. The summed E-state index contributed by atoms with van der Waals surface area (Å²) in [6, 6.07) is 0. The van der Waals surface area contributed by atoms with Gasteiger partial charge in [0.1, 0.15) is 0 Å². The molecular formula is C34H76N2O3. The second kappa shape index (κ2) is 44.6. The smallest absolute Gasteiger partial charge is 0.0431 e. The van der Waals surface area contributed by atoms with Crippen LogP contribution in [-0.4, -0.2) is 46.8 Å². The van der Waals surface area contributed by atoms with Crippen LogP contribution in [0.3, 0.4) is 0 Å². The molecule has 0 saturated carbocycles. The van der Waals surface area contributed by atoms with E-state index >= 15 is 0 Å². The molecule has 0 atom stereocenters. The van der Waals surface area contributed by atoms with E-state index in [4.69, 9.17) is 10.3 Å². The summed E-state index contributed by atoms with van der Waals surface area (Å²) in [5, 5.41) is 27.2. The van der Waals surface area contributed by atoms with Crippen LogP contribution < -0.4 is 5.48 Å². The predicted molar refractivity (Wildman–Crippen MR) is 175 cm³/mol. The van der Waals surface area contributed by atoms with E-state index in [2.05, 4.69) is 27.4 Å². The Hall–Kier alpha value is -0.460. The number of nitrogens with zero attached hydrogens (tertiary/aromatic N) is 1. The molecule has 0 saturated heterocycles. The minimum Gasteiger partial charge on any atom is -0.396 e. The van der Waals surface area contributed by atoms with E-state index in [1.54, 1.807) is 0 Å². The van der Waals surface area contributed by atoms with Crippen molar-refractivity contribution >= 4 is 0 Å². The monoisotopic (exact) mass is 561 g/mol. The van der Waals surface area contributed by atoms with Crippen LogP contribution in [0.1, 0.15) is 183 Å². The maximum Gasteiger partial charge on any atom is 0.0431 e. The third-order valence-corrected chi connectivity index (χ3v) is 7.02. The van der Waals surface area contributed by atoms with Gasteiger partial charge in [0.25, 0.3) is 0 Å². The van der Waals surface area contributed by atoms with Gasteiger partial charge in [0.2, 0.25) is 0 Å². The first kappa shape index (κ1) is 43.0. The average molecular weight is 561 g/mol. The molecule has 0 aromatic heterocycles. The average Bonchev–Trinajstić information content (AvgIpc) is 2.95. The quantitative estimate of drug-likeness (QED) is 0.0416. The van der Waals surface area contributed by atoms with Gasteiger partial charge in [0.15, 0.2) is 0 Å². The number of hydrogen-bond donors (Lipinski definition) is 4. The third kappa shape index (κ3) is 50.8. The van der Waals surface area contributed by atoms with E-state index in [1.165, 1.54) is 140 Å². The zero-order valence-corrected chi connectivity index (χ0v) is 27.1. The first-order valence-corrected chi connectivity index (χ1v) is 17.2. The normalized spacial score (nSPS) is 10.6. The molecule has 0 rings (SSSR count). The summed E-state index contributed by atoms with van der Waals surface area (Å²) >= 11 is 0. The van der Waals surface area contributed by atoms with Crippen LogP contribution in [0.5, 0.6) is 0 Å². The van der Waals surface area contributed by atoms with Gasteiger partial charge in [-0.3, -0.25) is 0 Å². The molecule has 0 aromatic rings. The number of nitrogens with one attached hydrogen (secondary N) is 1. The first-order valence-electron chi connectivity index (χ1n) is 17.2. The van der Waals surface area contributed by atoms with Crippen LogP contribution in [0, 0.1) is 0 Å². The maximum absolute atomic E-state index is 9.25. The van der Waals surface area contributed by atoms with Gasteiger partial charge in [-0.1, -0.05) is 162 Å². The zero-order chi connectivity index (χ0) is 29.5. The maximum atomic E-state index is 9.25. The number of hydroxylamine groups is 3. The number of aliphatic hydroxyl groups excluding tert-OH is 1. The van der Waals surface area contributed by atoms with Gasteiger partial charge in [-0.15, -0.1) is 6.58 Å². The Morgan fingerprint density at radius 3 is 1.28 bits per heavy atom. The molecule has 4 N–H and O–H groups in total. The highest BCUT2D eigenvalue weighted by molar-refractivity contribution is 4.65. The molecule has 0 spiro atoms. The lowest BCUT2D eigenvalue weighted by atomic mass is 10.0. The van der Waals surface area contributed by atoms with Crippen molar-refractivity contribution in [3.05, 3.63) is 12.7 Å². The van der Waals surface area contributed by atoms with Crippen LogP contribution in [0.2, 0.25) is 0 Å². The number of unbranched alkanes of at least 4 members (excludes halogenated alkanes) is 22. The van der Waals surface area contributed by atoms with Crippen molar-refractivity contribution in [3.63, 3.8) is 0 Å². The molecule has 39 heavy (non-hydrogen) atoms. The minimum absolute atomic E-state index is 0. The van der Waals surface area contributed by atoms with Gasteiger partial charge in [-0.05, 0) is 25.7 Å². The molecule has 0 aromatic carbocycles. The van der Waals surface area contributed by atoms with Gasteiger partial charge in [0.05, 0.1) is 0 Å². The molecule has 0 unspecified atom stereocenters. The summed E-state index contributed by atoms with van der Waals surface area (Å²) in [6.07, 6.45) is 35.4. The molecule has 5 nitrogen and oxygen atoms in total. The minimum atomic E-state index is 0. The Morgan fingerprint density at radius 2 is 0.923 bits per heavy atom. The highest BCUT2D eigenvalue weighted by Crippen LogP contribution is 2.12. The molecule has 0 bridgehead atoms. The Morgan fingerprint density at radius 1 is 0.564 bits per heavy atom. The number of hydrogen-bond acceptors (Lipinski definition) is 5. The molecule has 0 radical (unpaired) electrons. The lowest BCUT2D eigenvalue weighted by Gasteiger charge is -2.13. The second-order valence-corrected chi connectivity index (χ2v) is 11.1. The van der Waals surface area contributed by atoms with Crippen molar-refractivity contribution < 1.29 is 16.9 Å². The van der Waals surface area contributed by atoms with Crippen LogP contribution in [0.15, 0.2) is 12.7 Å². The highest BCUT2D eigenvalue weighted by Gasteiger charge is 1.98. The fourth-order valence-electron chi connectivity index (χ4n) is 4.39. The molecule has 240 valence electrons. The topological polar surface area (TPSA) is 76.0 Å². The summed E-state index contributed by atoms with van der Waals surface area (Å²) in [6.45, 7) is 12.4. The summed E-state index contributed by atoms with van der Waals surface area (Å²) in [4.78, 5) is 0. The number of aliphatic hydroxyl groups is 1. The van der Waals surface area contributed by atoms with E-state index in [1.807, 2.05) is 11.6 Å². The highest BCUT2D eigenvalue weighted by atomic mass is 16.5. The Kier molecular flexibility index (Phi) is 49.1. The fourth-order valence-corrected chi connectivity index (χ4v) is 4.39. The van der Waals surface area contributed by atoms with Crippen molar-refractivity contribution in [2.45, 2.75) is 181 Å². The summed E-state index contributed by atoms with van der Waals surface area (Å²) in [7, 11) is 0. The second-order valence-electron chi connectivity index (χ2n) is 11.1. The summed E-state index contributed by atoms with van der Waals surface area (Å²) in [5.74, 6) is 0. The Labute approximate surface area is 247 Å². The standard InChI is InChI=1S/C16H34.C10H22N2O2.C8H18O.H2/c1-3-5-7-9-11-13-15-16-14-12-10-8-6-4-2;1-2-3-4-5-6-7-9-12(14)10-8-11-13;1-2-3-4-5-6-7-8-9;/h3-16H2,1-2H3;2,11,13-14H,1,3-10H2;9H,2-8H2,1H3;1H. The molecule has 0 aliphatic rings. The summed E-state index contributed by atoms with van der Waals surface area (Å²) < 4.78 is 0. The number of rotatable bonds is 29. The predicted octanol–water partition coefficient (Wildman–Crippen LogP) is 10.9.